The molecular weight excluding hydrogens is 244 g/mol. The molecule has 6 nitrogen and oxygen atoms in total. The molecule has 0 saturated carbocycles. The normalized spacial score (nSPS) is 14.6. The van der Waals surface area contributed by atoms with Crippen LogP contribution in [0.1, 0.15) is 0 Å². The first-order chi connectivity index (χ1) is 8.13. The van der Waals surface area contributed by atoms with E-state index in [0.29, 0.717) is 24.7 Å². The van der Waals surface area contributed by atoms with E-state index in [4.69, 9.17) is 15.2 Å². The van der Waals surface area contributed by atoms with Crippen LogP contribution in [-0.2, 0) is 10.0 Å². The van der Waals surface area contributed by atoms with Gasteiger partial charge in [0, 0.05) is 19.2 Å². The van der Waals surface area contributed by atoms with E-state index >= 15 is 0 Å². The first-order valence-corrected chi connectivity index (χ1v) is 6.71. The molecule has 0 aromatic heterocycles. The van der Waals surface area contributed by atoms with Crippen molar-refractivity contribution in [3.05, 3.63) is 18.2 Å². The summed E-state index contributed by atoms with van der Waals surface area (Å²) in [7, 11) is -3.52. The van der Waals surface area contributed by atoms with Gasteiger partial charge in [-0.2, -0.15) is 0 Å². The van der Waals surface area contributed by atoms with Crippen LogP contribution >= 0.6 is 0 Å². The third kappa shape index (κ3) is 2.68. The van der Waals surface area contributed by atoms with Crippen LogP contribution in [0, 0.1) is 0 Å². The number of nitrogens with one attached hydrogen (secondary N) is 1. The van der Waals surface area contributed by atoms with Crippen LogP contribution in [-0.4, -0.2) is 34.7 Å². The highest BCUT2D eigenvalue weighted by atomic mass is 32.2. The molecule has 1 aromatic rings. The fraction of sp³-hybridized carbons (Fsp3) is 0.400. The smallest absolute Gasteiger partial charge is 0.240 e. The zero-order valence-corrected chi connectivity index (χ0v) is 10.00. The van der Waals surface area contributed by atoms with Gasteiger partial charge in [0.1, 0.15) is 13.2 Å². The zero-order valence-electron chi connectivity index (χ0n) is 9.18. The second-order valence-corrected chi connectivity index (χ2v) is 5.26. The summed E-state index contributed by atoms with van der Waals surface area (Å²) in [5.74, 6) is 1.01. The number of sulfonamides is 1. The van der Waals surface area contributed by atoms with E-state index in [9.17, 15) is 8.42 Å². The van der Waals surface area contributed by atoms with Gasteiger partial charge in [0.2, 0.25) is 10.0 Å². The molecule has 0 fully saturated rings. The van der Waals surface area contributed by atoms with E-state index in [1.54, 1.807) is 6.07 Å². The predicted molar refractivity (Wildman–Crippen MR) is 61.7 cm³/mol. The van der Waals surface area contributed by atoms with Crippen LogP contribution < -0.4 is 19.9 Å². The number of hydrogen-bond donors (Lipinski definition) is 2. The van der Waals surface area contributed by atoms with Crippen molar-refractivity contribution in [2.45, 2.75) is 4.90 Å². The molecule has 1 aliphatic heterocycles. The predicted octanol–water partition coefficient (Wildman–Crippen LogP) is -0.305. The lowest BCUT2D eigenvalue weighted by Crippen LogP contribution is -2.29. The van der Waals surface area contributed by atoms with Crippen molar-refractivity contribution >= 4 is 10.0 Å². The molecule has 0 amide bonds. The van der Waals surface area contributed by atoms with E-state index in [0.717, 1.165) is 0 Å². The Kier molecular flexibility index (Phi) is 3.51. The molecule has 0 spiro atoms. The van der Waals surface area contributed by atoms with Crippen molar-refractivity contribution in [1.82, 2.24) is 4.72 Å². The Hall–Kier alpha value is -1.31. The Labute approximate surface area is 99.8 Å². The summed E-state index contributed by atoms with van der Waals surface area (Å²) < 4.78 is 36.6. The van der Waals surface area contributed by atoms with Crippen molar-refractivity contribution < 1.29 is 17.9 Å². The summed E-state index contributed by atoms with van der Waals surface area (Å²) in [5, 5.41) is 0. The molecule has 2 rings (SSSR count). The summed E-state index contributed by atoms with van der Waals surface area (Å²) in [6.45, 7) is 1.36. The van der Waals surface area contributed by atoms with Gasteiger partial charge < -0.3 is 15.2 Å². The van der Waals surface area contributed by atoms with Crippen LogP contribution in [0.15, 0.2) is 23.1 Å². The minimum Gasteiger partial charge on any atom is -0.486 e. The van der Waals surface area contributed by atoms with Gasteiger partial charge in [0.05, 0.1) is 4.90 Å². The van der Waals surface area contributed by atoms with E-state index < -0.39 is 10.0 Å². The summed E-state index contributed by atoms with van der Waals surface area (Å²) in [4.78, 5) is 0.148. The number of fused-ring (bicyclic) bond motifs is 1. The van der Waals surface area contributed by atoms with Gasteiger partial charge in [-0.05, 0) is 12.1 Å². The molecule has 3 N–H and O–H groups in total. The first-order valence-electron chi connectivity index (χ1n) is 5.23. The lowest BCUT2D eigenvalue weighted by molar-refractivity contribution is 0.171. The van der Waals surface area contributed by atoms with Crippen LogP contribution in [0.2, 0.25) is 0 Å². The fourth-order valence-electron chi connectivity index (χ4n) is 1.47. The second-order valence-electron chi connectivity index (χ2n) is 3.49. The molecule has 1 aliphatic rings. The van der Waals surface area contributed by atoms with Crippen LogP contribution in [0.3, 0.4) is 0 Å². The third-order valence-electron chi connectivity index (χ3n) is 2.26. The van der Waals surface area contributed by atoms with Gasteiger partial charge in [0.15, 0.2) is 11.5 Å². The lowest BCUT2D eigenvalue weighted by atomic mass is 10.3. The number of nitrogens with two attached hydrogens (primary N) is 1. The molecule has 94 valence electrons. The monoisotopic (exact) mass is 258 g/mol. The SMILES string of the molecule is NCCNS(=O)(=O)c1ccc2c(c1)OCCO2. The number of rotatable bonds is 4. The van der Waals surface area contributed by atoms with Gasteiger partial charge >= 0.3 is 0 Å². The molecule has 0 bridgehead atoms. The maximum absolute atomic E-state index is 11.8. The average Bonchev–Trinajstić information content (AvgIpc) is 2.36. The molecule has 0 unspecified atom stereocenters. The first kappa shape index (κ1) is 12.2. The van der Waals surface area contributed by atoms with E-state index in [2.05, 4.69) is 4.72 Å². The van der Waals surface area contributed by atoms with Crippen molar-refractivity contribution in [2.75, 3.05) is 26.3 Å². The molecule has 0 aliphatic carbocycles. The van der Waals surface area contributed by atoms with Crippen molar-refractivity contribution in [3.8, 4) is 11.5 Å². The molecule has 1 aromatic carbocycles. The Balaban J connectivity index is 2.27. The topological polar surface area (TPSA) is 90.7 Å². The average molecular weight is 258 g/mol. The van der Waals surface area contributed by atoms with Crippen molar-refractivity contribution in [2.24, 2.45) is 5.73 Å². The van der Waals surface area contributed by atoms with Gasteiger partial charge in [-0.1, -0.05) is 0 Å². The zero-order chi connectivity index (χ0) is 12.3. The number of benzene rings is 1. The quantitative estimate of drug-likeness (QED) is 0.773. The Morgan fingerprint density at radius 1 is 1.24 bits per heavy atom. The maximum atomic E-state index is 11.8. The van der Waals surface area contributed by atoms with Gasteiger partial charge in [-0.15, -0.1) is 0 Å². The van der Waals surface area contributed by atoms with Crippen molar-refractivity contribution in [3.63, 3.8) is 0 Å². The number of ether oxygens (including phenoxy) is 2. The van der Waals surface area contributed by atoms with Crippen LogP contribution in [0.25, 0.3) is 0 Å². The van der Waals surface area contributed by atoms with E-state index in [-0.39, 0.29) is 18.0 Å². The molecule has 0 saturated heterocycles. The molecule has 7 heteroatoms. The minimum atomic E-state index is -3.52. The van der Waals surface area contributed by atoms with Crippen LogP contribution in [0.5, 0.6) is 11.5 Å². The number of hydrogen-bond acceptors (Lipinski definition) is 5. The molecule has 1 heterocycles. The summed E-state index contributed by atoms with van der Waals surface area (Å²) >= 11 is 0. The lowest BCUT2D eigenvalue weighted by Gasteiger charge is -2.18. The highest BCUT2D eigenvalue weighted by Crippen LogP contribution is 2.31. The van der Waals surface area contributed by atoms with Gasteiger partial charge in [-0.3, -0.25) is 0 Å². The summed E-state index contributed by atoms with van der Waals surface area (Å²) in [6, 6.07) is 4.52. The highest BCUT2D eigenvalue weighted by molar-refractivity contribution is 7.89. The standard InChI is InChI=1S/C10H14N2O4S/c11-3-4-12-17(13,14)8-1-2-9-10(7-8)16-6-5-15-9/h1-2,7,12H,3-6,11H2. The fourth-order valence-corrected chi connectivity index (χ4v) is 2.53. The van der Waals surface area contributed by atoms with Gasteiger partial charge in [-0.25, -0.2) is 13.1 Å². The van der Waals surface area contributed by atoms with Crippen LogP contribution in [0.4, 0.5) is 0 Å². The highest BCUT2D eigenvalue weighted by Gasteiger charge is 2.18. The Morgan fingerprint density at radius 2 is 1.94 bits per heavy atom. The molecular formula is C10H14N2O4S. The minimum absolute atomic E-state index is 0.148. The third-order valence-corrected chi connectivity index (χ3v) is 3.72. The molecule has 17 heavy (non-hydrogen) atoms. The van der Waals surface area contributed by atoms with Crippen molar-refractivity contribution in [1.29, 1.82) is 0 Å². The largest absolute Gasteiger partial charge is 0.486 e. The summed E-state index contributed by atoms with van der Waals surface area (Å²) in [6.07, 6.45) is 0. The summed E-state index contributed by atoms with van der Waals surface area (Å²) in [5.41, 5.74) is 5.25. The Morgan fingerprint density at radius 3 is 2.65 bits per heavy atom. The van der Waals surface area contributed by atoms with E-state index in [1.807, 2.05) is 0 Å². The Bertz CT molecular complexity index is 501. The molecule has 0 radical (unpaired) electrons. The second kappa shape index (κ2) is 4.91. The molecule has 0 atom stereocenters. The van der Waals surface area contributed by atoms with Gasteiger partial charge in [0.25, 0.3) is 0 Å². The van der Waals surface area contributed by atoms with E-state index in [1.165, 1.54) is 12.1 Å². The maximum Gasteiger partial charge on any atom is 0.240 e.